The molecule has 8 bridgehead atoms. The summed E-state index contributed by atoms with van der Waals surface area (Å²) in [7, 11) is 0. The van der Waals surface area contributed by atoms with Crippen LogP contribution < -0.4 is 35.6 Å². The number of hydrogen-bond acceptors (Lipinski definition) is 17. The average molecular weight is 1150 g/mol. The lowest BCUT2D eigenvalue weighted by Crippen LogP contribution is -2.60. The van der Waals surface area contributed by atoms with Crippen LogP contribution in [0.1, 0.15) is 51.5 Å². The monoisotopic (exact) mass is 1150 g/mol. The van der Waals surface area contributed by atoms with Gasteiger partial charge in [-0.2, -0.15) is 0 Å². The zero-order chi connectivity index (χ0) is 58.5. The van der Waals surface area contributed by atoms with Gasteiger partial charge in [0.05, 0.1) is 19.3 Å². The van der Waals surface area contributed by atoms with Gasteiger partial charge in [0.1, 0.15) is 84.4 Å². The summed E-state index contributed by atoms with van der Waals surface area (Å²) in [6, 6.07) is 46.7. The van der Waals surface area contributed by atoms with E-state index in [4.69, 9.17) is 23.7 Å². The number of rotatable bonds is 13. The van der Waals surface area contributed by atoms with Crippen LogP contribution in [-0.4, -0.2) is 187 Å². The molecule has 12 rings (SSSR count). The average Bonchev–Trinajstić information content (AvgIpc) is 4.39. The molecule has 1 saturated carbocycles. The van der Waals surface area contributed by atoms with Crippen molar-refractivity contribution in [3.8, 4) is 17.2 Å². The predicted octanol–water partition coefficient (Wildman–Crippen LogP) is -1.50. The molecule has 438 valence electrons. The van der Waals surface area contributed by atoms with Crippen LogP contribution in [0.2, 0.25) is 0 Å². The lowest BCUT2D eigenvalue weighted by Gasteiger charge is -2.39. The molecule has 0 unspecified atom stereocenters. The molecule has 4 aromatic carbocycles. The number of aliphatic hydroxyl groups is 12. The Labute approximate surface area is 478 Å². The van der Waals surface area contributed by atoms with E-state index in [-0.39, 0.29) is 17.9 Å². The van der Waals surface area contributed by atoms with E-state index < -0.39 is 112 Å². The Morgan fingerprint density at radius 3 is 1.11 bits per heavy atom. The zero-order valence-corrected chi connectivity index (χ0v) is 44.8. The van der Waals surface area contributed by atoms with Gasteiger partial charge in [0.2, 0.25) is 12.6 Å². The maximum absolute atomic E-state index is 11.1. The Hall–Kier alpha value is -7.68. The van der Waals surface area contributed by atoms with Crippen molar-refractivity contribution in [2.45, 2.75) is 92.2 Å². The maximum Gasteiger partial charge on any atom is 0.229 e. The zero-order valence-electron chi connectivity index (χ0n) is 44.8. The minimum Gasteiger partial charge on any atom is -0.488 e. The Bertz CT molecular complexity index is 3890. The van der Waals surface area contributed by atoms with Crippen molar-refractivity contribution in [2.24, 2.45) is 5.92 Å². The van der Waals surface area contributed by atoms with E-state index in [0.717, 1.165) is 22.2 Å². The normalized spacial score (nSPS) is 29.0. The van der Waals surface area contributed by atoms with Gasteiger partial charge in [-0.25, -0.2) is 0 Å². The third kappa shape index (κ3) is 10.8. The van der Waals surface area contributed by atoms with Crippen LogP contribution in [0.3, 0.4) is 0 Å². The minimum atomic E-state index is -1.66. The summed E-state index contributed by atoms with van der Waals surface area (Å²) >= 11 is 0. The molecular formula is C63H64N4O17. The van der Waals surface area contributed by atoms with Gasteiger partial charge < -0.3 is 105 Å². The summed E-state index contributed by atoms with van der Waals surface area (Å²) in [6.07, 6.45) is -20.4. The SMILES string of the molecule is OC[C@H]1C[C@@H](Oc2cccc(C3=c4ccc([nH]4)=C(c4cccc(O[C@@H]5O[C@H](CO)[C@@H](O)[C@H](O)[C@H]5O)c4)c4ccc([nH]4)C(c4ccccc4)=c4ccc([nH]4)=C(c4cccc(O[C@@H]5O[C@H](CO)[C@@H](O)[C@H](O)[C@H]5O)c4)c4ccc3[nH]4)c2)[C@H](O)[C@@H](O)[C@@H]1O. The second-order valence-electron chi connectivity index (χ2n) is 21.5. The summed E-state index contributed by atoms with van der Waals surface area (Å²) in [6.45, 7) is -1.71. The fraction of sp³-hybridized carbons (Fsp3) is 0.302. The second kappa shape index (κ2) is 23.8. The fourth-order valence-corrected chi connectivity index (χ4v) is 11.7. The lowest BCUT2D eigenvalue weighted by molar-refractivity contribution is -0.277. The Morgan fingerprint density at radius 2 is 0.714 bits per heavy atom. The van der Waals surface area contributed by atoms with Crippen LogP contribution in [0.5, 0.6) is 17.2 Å². The van der Waals surface area contributed by atoms with E-state index in [2.05, 4.69) is 19.9 Å². The number of ether oxygens (including phenoxy) is 5. The first-order valence-electron chi connectivity index (χ1n) is 27.6. The third-order valence-electron chi connectivity index (χ3n) is 16.2. The highest BCUT2D eigenvalue weighted by molar-refractivity contribution is 5.85. The molecule has 0 radical (unpaired) electrons. The van der Waals surface area contributed by atoms with E-state index in [1.54, 1.807) is 54.6 Å². The Balaban J connectivity index is 1.06. The van der Waals surface area contributed by atoms with Crippen LogP contribution in [0, 0.1) is 5.92 Å². The van der Waals surface area contributed by atoms with Crippen LogP contribution in [-0.2, 0) is 9.47 Å². The van der Waals surface area contributed by atoms with Gasteiger partial charge >= 0.3 is 0 Å². The van der Waals surface area contributed by atoms with E-state index >= 15 is 0 Å². The van der Waals surface area contributed by atoms with Gasteiger partial charge in [0.15, 0.2) is 0 Å². The topological polar surface area (TPSA) is 352 Å². The fourth-order valence-electron chi connectivity index (χ4n) is 11.7. The van der Waals surface area contributed by atoms with Gasteiger partial charge in [-0.3, -0.25) is 0 Å². The Kier molecular flexibility index (Phi) is 16.1. The highest BCUT2D eigenvalue weighted by atomic mass is 16.7. The van der Waals surface area contributed by atoms with E-state index in [1.165, 1.54) is 0 Å². The molecule has 2 saturated heterocycles. The quantitative estimate of drug-likeness (QED) is 0.0625. The van der Waals surface area contributed by atoms with Crippen molar-refractivity contribution >= 4 is 22.3 Å². The molecular weight excluding hydrogens is 1080 g/mol. The van der Waals surface area contributed by atoms with Gasteiger partial charge in [-0.15, -0.1) is 0 Å². The smallest absolute Gasteiger partial charge is 0.229 e. The molecule has 21 nitrogen and oxygen atoms in total. The van der Waals surface area contributed by atoms with Crippen molar-refractivity contribution in [1.29, 1.82) is 0 Å². The predicted molar refractivity (Wildman–Crippen MR) is 300 cm³/mol. The Morgan fingerprint density at radius 1 is 0.345 bits per heavy atom. The number of benzene rings is 4. The number of nitrogens with one attached hydrogen (secondary N) is 4. The third-order valence-corrected chi connectivity index (χ3v) is 16.2. The first-order valence-corrected chi connectivity index (χ1v) is 27.6. The molecule has 0 amide bonds. The molecule has 16 N–H and O–H groups in total. The standard InChI is InChI=1S/C63H64N4O17/c68-27-34-26-46(54(72)57(75)53(34)71)80-35-12-4-9-31(23-35)50-42-19-21-44(66-42)51(32-10-5-13-36(24-32)81-62-60(78)58(76)55(73)47(28-69)83-62)40-17-15-38(64-40)49(30-7-2-1-3-8-30)39-16-18-41(65-39)52(45-22-20-43(50)67-45)33-11-6-14-37(25-33)82-63-61(79)59(77)56(74)48(29-70)84-63/h1-25,34,46-48,53-79H,26-29H2/t34-,46-,47-,48-,53-,54+,55-,56-,57+,58+,59+,60-,61-,62-,63-/m1/s1. The molecule has 1 aliphatic carbocycles. The summed E-state index contributed by atoms with van der Waals surface area (Å²) in [5.41, 5.74) is 8.25. The van der Waals surface area contributed by atoms with Crippen molar-refractivity contribution in [1.82, 2.24) is 19.9 Å². The first kappa shape index (κ1) is 56.8. The molecule has 8 aromatic rings. The summed E-state index contributed by atoms with van der Waals surface area (Å²) < 4.78 is 30.2. The molecule has 3 fully saturated rings. The van der Waals surface area contributed by atoms with Crippen LogP contribution in [0.15, 0.2) is 152 Å². The maximum atomic E-state index is 11.1. The van der Waals surface area contributed by atoms with Crippen molar-refractivity contribution in [2.75, 3.05) is 19.8 Å². The van der Waals surface area contributed by atoms with Crippen LogP contribution in [0.25, 0.3) is 22.3 Å². The number of H-pyrrole nitrogens is 4. The second-order valence-corrected chi connectivity index (χ2v) is 21.5. The first-order chi connectivity index (χ1) is 40.7. The molecule has 84 heavy (non-hydrogen) atoms. The van der Waals surface area contributed by atoms with Gasteiger partial charge in [0.25, 0.3) is 0 Å². The van der Waals surface area contributed by atoms with Gasteiger partial charge in [-0.05, 0) is 114 Å². The summed E-state index contributed by atoms with van der Waals surface area (Å²) in [5, 5.41) is 129. The molecule has 15 atom stereocenters. The molecule has 0 spiro atoms. The number of aliphatic hydroxyl groups excluding tert-OH is 12. The van der Waals surface area contributed by atoms with Gasteiger partial charge in [0, 0.05) is 79.0 Å². The van der Waals surface area contributed by atoms with Crippen LogP contribution >= 0.6 is 0 Å². The van der Waals surface area contributed by atoms with E-state index in [0.29, 0.717) is 72.3 Å². The van der Waals surface area contributed by atoms with Crippen molar-refractivity contribution < 1.29 is 85.0 Å². The largest absolute Gasteiger partial charge is 0.488 e. The highest BCUT2D eigenvalue weighted by Crippen LogP contribution is 2.35. The van der Waals surface area contributed by atoms with Crippen molar-refractivity contribution in [3.63, 3.8) is 0 Å². The van der Waals surface area contributed by atoms with E-state index in [9.17, 15) is 61.3 Å². The summed E-state index contributed by atoms with van der Waals surface area (Å²) in [4.78, 5) is 14.9. The van der Waals surface area contributed by atoms with Gasteiger partial charge in [-0.1, -0.05) is 66.7 Å². The molecule has 21 heteroatoms. The molecule has 3 aliphatic heterocycles. The number of aromatic nitrogens is 4. The molecule has 4 aromatic heterocycles. The molecule has 4 aliphatic rings. The minimum absolute atomic E-state index is 0.0585. The van der Waals surface area contributed by atoms with Crippen molar-refractivity contribution in [3.05, 3.63) is 218 Å². The number of aromatic amines is 4. The lowest BCUT2D eigenvalue weighted by atomic mass is 9.81. The van der Waals surface area contributed by atoms with E-state index in [1.807, 2.05) is 97.1 Å². The number of fused-ring (bicyclic) bond motifs is 8. The van der Waals surface area contributed by atoms with Crippen LogP contribution in [0.4, 0.5) is 0 Å². The highest BCUT2D eigenvalue weighted by Gasteiger charge is 2.47. The molecule has 7 heterocycles. The summed E-state index contributed by atoms with van der Waals surface area (Å²) in [5.74, 6) is 0.0491. The number of hydrogen-bond donors (Lipinski definition) is 16.